The Morgan fingerprint density at radius 1 is 0.286 bits per heavy atom. The van der Waals surface area contributed by atoms with Crippen LogP contribution in [0.25, 0.3) is 155 Å². The molecule has 17 rings (SSSR count). The smallest absolute Gasteiger partial charge is 0.143 e. The Balaban J connectivity index is 0.834. The van der Waals surface area contributed by atoms with E-state index in [-0.39, 0.29) is 0 Å². The fourth-order valence-corrected chi connectivity index (χ4v) is 13.1. The van der Waals surface area contributed by atoms with Gasteiger partial charge in [0.2, 0.25) is 0 Å². The van der Waals surface area contributed by atoms with Gasteiger partial charge in [-0.15, -0.1) is 0 Å². The lowest BCUT2D eigenvalue weighted by atomic mass is 9.94. The summed E-state index contributed by atoms with van der Waals surface area (Å²) in [7, 11) is 0. The standard InChI is InChI=1S/C72H45N3O2/c1-7-28-63-52(20-1)53-21-2-8-29-64(53)73(63)48-19-14-16-44(39-48)45-34-36-69-60(40-45)62-43-50(75-67-32-11-5-24-56(67)57-25-6-12-33-68(57)75)42-59(72(62)77-69)47-18-13-17-46(38-47)51-26-15-27-58-61-41-49(35-37-70(61)76-71(51)58)74-65-30-9-3-22-54(65)55-23-4-10-31-66(55)74/h1-34,36,38-43H,35,37H2. The summed E-state index contributed by atoms with van der Waals surface area (Å²) in [6.45, 7) is 0. The first-order valence-corrected chi connectivity index (χ1v) is 26.6. The van der Waals surface area contributed by atoms with E-state index in [1.54, 1.807) is 0 Å². The number of benzene rings is 11. The van der Waals surface area contributed by atoms with Crippen LogP contribution in [0.1, 0.15) is 17.7 Å². The molecule has 360 valence electrons. The van der Waals surface area contributed by atoms with Gasteiger partial charge in [0.05, 0.1) is 33.1 Å². The number of para-hydroxylation sites is 7. The van der Waals surface area contributed by atoms with Crippen molar-refractivity contribution in [3.05, 3.63) is 254 Å². The van der Waals surface area contributed by atoms with Crippen molar-refractivity contribution in [1.82, 2.24) is 13.7 Å². The van der Waals surface area contributed by atoms with Crippen molar-refractivity contribution < 1.29 is 8.83 Å². The second kappa shape index (κ2) is 16.2. The van der Waals surface area contributed by atoms with Crippen molar-refractivity contribution in [1.29, 1.82) is 0 Å². The molecule has 77 heavy (non-hydrogen) atoms. The largest absolute Gasteiger partial charge is 0.460 e. The lowest BCUT2D eigenvalue weighted by molar-refractivity contribution is 0.547. The summed E-state index contributed by atoms with van der Waals surface area (Å²) in [5.74, 6) is 1.04. The van der Waals surface area contributed by atoms with Crippen LogP contribution < -0.4 is 0 Å². The third-order valence-electron chi connectivity index (χ3n) is 16.5. The number of aromatic nitrogens is 3. The number of furan rings is 2. The molecule has 1 aliphatic carbocycles. The highest BCUT2D eigenvalue weighted by molar-refractivity contribution is 6.15. The summed E-state index contributed by atoms with van der Waals surface area (Å²) in [5.41, 5.74) is 20.9. The summed E-state index contributed by atoms with van der Waals surface area (Å²) in [6, 6.07) is 88.2. The quantitative estimate of drug-likeness (QED) is 0.167. The zero-order valence-electron chi connectivity index (χ0n) is 41.7. The average Bonchev–Trinajstić information content (AvgIpc) is 4.38. The molecule has 0 aliphatic heterocycles. The molecule has 5 heteroatoms. The van der Waals surface area contributed by atoms with Crippen molar-refractivity contribution in [3.8, 4) is 44.8 Å². The van der Waals surface area contributed by atoms with Gasteiger partial charge in [0.1, 0.15) is 22.5 Å². The maximum atomic E-state index is 7.08. The van der Waals surface area contributed by atoms with Gasteiger partial charge in [-0.3, -0.25) is 0 Å². The van der Waals surface area contributed by atoms with Crippen LogP contribution in [0, 0.1) is 0 Å². The van der Waals surface area contributed by atoms with E-state index in [4.69, 9.17) is 8.83 Å². The van der Waals surface area contributed by atoms with E-state index in [1.807, 2.05) is 0 Å². The van der Waals surface area contributed by atoms with E-state index in [1.165, 1.54) is 65.6 Å². The molecule has 0 amide bonds. The van der Waals surface area contributed by atoms with Gasteiger partial charge >= 0.3 is 0 Å². The van der Waals surface area contributed by atoms with Crippen molar-refractivity contribution in [2.45, 2.75) is 12.8 Å². The molecule has 0 fully saturated rings. The van der Waals surface area contributed by atoms with Crippen LogP contribution in [0.3, 0.4) is 0 Å². The minimum atomic E-state index is 0.824. The summed E-state index contributed by atoms with van der Waals surface area (Å²) >= 11 is 0. The fraction of sp³-hybridized carbons (Fsp3) is 0.0278. The number of hydrogen-bond acceptors (Lipinski definition) is 2. The maximum absolute atomic E-state index is 7.08. The van der Waals surface area contributed by atoms with Gasteiger partial charge < -0.3 is 22.5 Å². The zero-order chi connectivity index (χ0) is 50.3. The van der Waals surface area contributed by atoms with Crippen LogP contribution in [-0.4, -0.2) is 13.7 Å². The molecule has 0 saturated heterocycles. The lowest BCUT2D eigenvalue weighted by Gasteiger charge is -2.16. The first-order chi connectivity index (χ1) is 38.2. The third kappa shape index (κ3) is 6.23. The molecule has 0 saturated carbocycles. The van der Waals surface area contributed by atoms with Gasteiger partial charge in [-0.05, 0) is 114 Å². The highest BCUT2D eigenvalue weighted by atomic mass is 16.3. The van der Waals surface area contributed by atoms with Gasteiger partial charge in [0, 0.05) is 88.7 Å². The molecular formula is C72H45N3O2. The minimum absolute atomic E-state index is 0.824. The third-order valence-corrected chi connectivity index (χ3v) is 16.5. The molecular weight excluding hydrogens is 939 g/mol. The van der Waals surface area contributed by atoms with Crippen molar-refractivity contribution in [2.24, 2.45) is 0 Å². The number of aryl methyl sites for hydroxylation is 1. The molecule has 1 aliphatic rings. The summed E-state index contributed by atoms with van der Waals surface area (Å²) in [6.07, 6.45) is 4.08. The molecule has 0 atom stereocenters. The Hall–Kier alpha value is -10.1. The highest BCUT2D eigenvalue weighted by Crippen LogP contribution is 2.45. The Bertz CT molecular complexity index is 5020. The topological polar surface area (TPSA) is 41.1 Å². The Morgan fingerprint density at radius 2 is 0.766 bits per heavy atom. The second-order valence-corrected chi connectivity index (χ2v) is 20.7. The number of nitrogens with zero attached hydrogens (tertiary/aromatic N) is 3. The van der Waals surface area contributed by atoms with E-state index in [9.17, 15) is 0 Å². The van der Waals surface area contributed by atoms with Gasteiger partial charge in [-0.2, -0.15) is 0 Å². The van der Waals surface area contributed by atoms with Crippen molar-refractivity contribution in [2.75, 3.05) is 0 Å². The number of rotatable bonds is 6. The van der Waals surface area contributed by atoms with Gasteiger partial charge in [-0.25, -0.2) is 0 Å². The molecule has 0 N–H and O–H groups in total. The van der Waals surface area contributed by atoms with Crippen molar-refractivity contribution in [3.63, 3.8) is 0 Å². The van der Waals surface area contributed by atoms with Crippen LogP contribution in [0.4, 0.5) is 0 Å². The van der Waals surface area contributed by atoms with E-state index in [2.05, 4.69) is 262 Å². The summed E-state index contributed by atoms with van der Waals surface area (Å²) in [5, 5.41) is 10.8. The van der Waals surface area contributed by atoms with Crippen LogP contribution in [0.15, 0.2) is 251 Å². The van der Waals surface area contributed by atoms with E-state index in [0.29, 0.717) is 0 Å². The number of fused-ring (bicyclic) bond motifs is 15. The molecule has 5 nitrogen and oxygen atoms in total. The molecule has 0 bridgehead atoms. The molecule has 11 aromatic carbocycles. The zero-order valence-corrected chi connectivity index (χ0v) is 41.7. The number of allylic oxidation sites excluding steroid dienone is 1. The molecule has 5 aromatic heterocycles. The van der Waals surface area contributed by atoms with Crippen LogP contribution in [0.5, 0.6) is 0 Å². The van der Waals surface area contributed by atoms with E-state index >= 15 is 0 Å². The Kier molecular flexibility index (Phi) is 8.89. The molecule has 5 heterocycles. The lowest BCUT2D eigenvalue weighted by Crippen LogP contribution is -2.03. The Labute approximate surface area is 442 Å². The predicted molar refractivity (Wildman–Crippen MR) is 320 cm³/mol. The van der Waals surface area contributed by atoms with Crippen molar-refractivity contribution >= 4 is 110 Å². The van der Waals surface area contributed by atoms with Crippen LogP contribution in [-0.2, 0) is 6.42 Å². The number of hydrogen-bond donors (Lipinski definition) is 0. The molecule has 0 spiro atoms. The van der Waals surface area contributed by atoms with Crippen LogP contribution >= 0.6 is 0 Å². The fourth-order valence-electron chi connectivity index (χ4n) is 13.1. The van der Waals surface area contributed by atoms with E-state index in [0.717, 1.165) is 107 Å². The van der Waals surface area contributed by atoms with Crippen LogP contribution in [0.2, 0.25) is 0 Å². The first kappa shape index (κ1) is 42.3. The second-order valence-electron chi connectivity index (χ2n) is 20.7. The minimum Gasteiger partial charge on any atom is -0.460 e. The van der Waals surface area contributed by atoms with E-state index < -0.39 is 0 Å². The highest BCUT2D eigenvalue weighted by Gasteiger charge is 2.25. The van der Waals surface area contributed by atoms with Gasteiger partial charge in [0.15, 0.2) is 0 Å². The molecule has 16 aromatic rings. The predicted octanol–water partition coefficient (Wildman–Crippen LogP) is 19.6. The average molecular weight is 984 g/mol. The van der Waals surface area contributed by atoms with Gasteiger partial charge in [-0.1, -0.05) is 164 Å². The summed E-state index contributed by atoms with van der Waals surface area (Å²) < 4.78 is 21.3. The van der Waals surface area contributed by atoms with Gasteiger partial charge in [0.25, 0.3) is 0 Å². The molecule has 0 radical (unpaired) electrons. The normalized spacial score (nSPS) is 12.9. The maximum Gasteiger partial charge on any atom is 0.143 e. The first-order valence-electron chi connectivity index (χ1n) is 26.6. The SMILES string of the molecule is C1=C(n2c3ccccc3c3ccccc32)CCc2oc3c(-c4cccc(-c5cc(-n6c7ccccc7c7ccccc76)cc6c5oc5ccc(-c7cccc(-n8c9ccccc9c9ccccc98)c7)cc56)c4)cccc3c21. The summed E-state index contributed by atoms with van der Waals surface area (Å²) in [4.78, 5) is 0. The Morgan fingerprint density at radius 3 is 1.38 bits per heavy atom. The molecule has 0 unspecified atom stereocenters. The monoisotopic (exact) mass is 983 g/mol.